The highest BCUT2D eigenvalue weighted by atomic mass is 32.1. The molecular formula is C12H10N2O3S. The normalized spacial score (nSPS) is 21.8. The smallest absolute Gasteiger partial charge is 0.307 e. The third kappa shape index (κ3) is 1.95. The van der Waals surface area contributed by atoms with Crippen molar-refractivity contribution >= 4 is 38.6 Å². The Bertz CT molecular complexity index is 604. The first-order chi connectivity index (χ1) is 8.65. The molecule has 1 aromatic heterocycles. The summed E-state index contributed by atoms with van der Waals surface area (Å²) in [6, 6.07) is 7.60. The van der Waals surface area contributed by atoms with E-state index in [1.807, 2.05) is 24.3 Å². The Kier molecular flexibility index (Phi) is 2.52. The lowest BCUT2D eigenvalue weighted by Crippen LogP contribution is -2.16. The number of aliphatic carboxylic acids is 1. The van der Waals surface area contributed by atoms with E-state index in [9.17, 15) is 9.59 Å². The van der Waals surface area contributed by atoms with Gasteiger partial charge >= 0.3 is 5.97 Å². The minimum atomic E-state index is -0.903. The maximum Gasteiger partial charge on any atom is 0.307 e. The maximum atomic E-state index is 11.8. The fourth-order valence-corrected chi connectivity index (χ4v) is 2.75. The van der Waals surface area contributed by atoms with E-state index < -0.39 is 17.8 Å². The monoisotopic (exact) mass is 262 g/mol. The molecule has 1 aliphatic rings. The summed E-state index contributed by atoms with van der Waals surface area (Å²) in [6.45, 7) is 0. The van der Waals surface area contributed by atoms with Gasteiger partial charge in [0, 0.05) is 0 Å². The summed E-state index contributed by atoms with van der Waals surface area (Å²) < 4.78 is 0.999. The Morgan fingerprint density at radius 1 is 1.33 bits per heavy atom. The molecule has 92 valence electrons. The van der Waals surface area contributed by atoms with Gasteiger partial charge in [-0.3, -0.25) is 9.59 Å². The second-order valence-electron chi connectivity index (χ2n) is 4.26. The largest absolute Gasteiger partial charge is 0.481 e. The maximum absolute atomic E-state index is 11.8. The van der Waals surface area contributed by atoms with E-state index in [0.717, 1.165) is 10.2 Å². The van der Waals surface area contributed by atoms with Crippen molar-refractivity contribution in [1.29, 1.82) is 0 Å². The number of para-hydroxylation sites is 1. The molecule has 1 aromatic carbocycles. The van der Waals surface area contributed by atoms with Crippen molar-refractivity contribution < 1.29 is 14.7 Å². The van der Waals surface area contributed by atoms with Crippen LogP contribution in [0.1, 0.15) is 6.42 Å². The van der Waals surface area contributed by atoms with Crippen molar-refractivity contribution in [3.63, 3.8) is 0 Å². The average molecular weight is 262 g/mol. The van der Waals surface area contributed by atoms with Gasteiger partial charge in [-0.15, -0.1) is 0 Å². The summed E-state index contributed by atoms with van der Waals surface area (Å²) in [5.41, 5.74) is 0.836. The fraction of sp³-hybridized carbons (Fsp3) is 0.250. The number of carboxylic acid groups (broad SMARTS) is 1. The number of benzene rings is 1. The zero-order valence-corrected chi connectivity index (χ0v) is 10.1. The molecule has 2 aromatic rings. The van der Waals surface area contributed by atoms with Gasteiger partial charge in [0.25, 0.3) is 0 Å². The van der Waals surface area contributed by atoms with Gasteiger partial charge in [0.15, 0.2) is 5.13 Å². The number of amides is 1. The molecule has 1 heterocycles. The van der Waals surface area contributed by atoms with Crippen LogP contribution in [0.3, 0.4) is 0 Å². The minimum absolute atomic E-state index is 0.249. The third-order valence-corrected chi connectivity index (χ3v) is 3.92. The first kappa shape index (κ1) is 11.2. The summed E-state index contributed by atoms with van der Waals surface area (Å²) in [6.07, 6.45) is 0.423. The second kappa shape index (κ2) is 4.06. The Labute approximate surface area is 106 Å². The number of carbonyl (C=O) groups excluding carboxylic acids is 1. The zero-order chi connectivity index (χ0) is 12.7. The molecule has 2 N–H and O–H groups in total. The first-order valence-corrected chi connectivity index (χ1v) is 6.36. The van der Waals surface area contributed by atoms with Gasteiger partial charge in [-0.25, -0.2) is 4.98 Å². The topological polar surface area (TPSA) is 79.3 Å². The molecule has 0 aliphatic heterocycles. The lowest BCUT2D eigenvalue weighted by molar-refractivity contribution is -0.139. The molecule has 0 bridgehead atoms. The molecular weight excluding hydrogens is 252 g/mol. The number of nitrogens with zero attached hydrogens (tertiary/aromatic N) is 1. The molecule has 0 saturated heterocycles. The molecule has 3 rings (SSSR count). The Balaban J connectivity index is 1.73. The summed E-state index contributed by atoms with van der Waals surface area (Å²) in [7, 11) is 0. The van der Waals surface area contributed by atoms with Crippen LogP contribution >= 0.6 is 11.3 Å². The van der Waals surface area contributed by atoms with Crippen LogP contribution in [0, 0.1) is 11.8 Å². The number of thiazole rings is 1. The van der Waals surface area contributed by atoms with Crippen LogP contribution in [-0.4, -0.2) is 22.0 Å². The molecule has 6 heteroatoms. The lowest BCUT2D eigenvalue weighted by Gasteiger charge is -1.98. The standard InChI is InChI=1S/C12H10N2O3S/c15-10(6-5-7(6)11(16)17)14-12-13-8-3-1-2-4-9(8)18-12/h1-4,6-7H,5H2,(H,16,17)(H,13,14,15). The van der Waals surface area contributed by atoms with Crippen LogP contribution in [0.4, 0.5) is 5.13 Å². The Morgan fingerprint density at radius 2 is 2.11 bits per heavy atom. The van der Waals surface area contributed by atoms with Crippen LogP contribution < -0.4 is 5.32 Å². The molecule has 18 heavy (non-hydrogen) atoms. The first-order valence-electron chi connectivity index (χ1n) is 5.54. The minimum Gasteiger partial charge on any atom is -0.481 e. The molecule has 0 spiro atoms. The van der Waals surface area contributed by atoms with Crippen LogP contribution in [-0.2, 0) is 9.59 Å². The highest BCUT2D eigenvalue weighted by molar-refractivity contribution is 7.22. The molecule has 1 saturated carbocycles. The summed E-state index contributed by atoms with van der Waals surface area (Å²) in [5, 5.41) is 12.0. The second-order valence-corrected chi connectivity index (χ2v) is 5.29. The zero-order valence-electron chi connectivity index (χ0n) is 9.29. The molecule has 5 nitrogen and oxygen atoms in total. The third-order valence-electron chi connectivity index (χ3n) is 2.97. The molecule has 1 fully saturated rings. The quantitative estimate of drug-likeness (QED) is 0.886. The highest BCUT2D eigenvalue weighted by Gasteiger charge is 2.48. The summed E-state index contributed by atoms with van der Waals surface area (Å²) in [5.74, 6) is -2.09. The number of rotatable bonds is 3. The molecule has 1 amide bonds. The van der Waals surface area contributed by atoms with Gasteiger partial charge in [-0.05, 0) is 18.6 Å². The Hall–Kier alpha value is -1.95. The van der Waals surface area contributed by atoms with Gasteiger partial charge in [-0.2, -0.15) is 0 Å². The van der Waals surface area contributed by atoms with Crippen LogP contribution in [0.25, 0.3) is 10.2 Å². The van der Waals surface area contributed by atoms with Gasteiger partial charge in [0.1, 0.15) is 0 Å². The predicted molar refractivity (Wildman–Crippen MR) is 67.5 cm³/mol. The van der Waals surface area contributed by atoms with Gasteiger partial charge in [0.2, 0.25) is 5.91 Å². The average Bonchev–Trinajstić information content (AvgIpc) is 3.04. The number of hydrogen-bond donors (Lipinski definition) is 2. The number of carbonyl (C=O) groups is 2. The van der Waals surface area contributed by atoms with Gasteiger partial charge in [-0.1, -0.05) is 23.5 Å². The fourth-order valence-electron chi connectivity index (χ4n) is 1.88. The Morgan fingerprint density at radius 3 is 2.78 bits per heavy atom. The summed E-state index contributed by atoms with van der Waals surface area (Å²) >= 11 is 1.39. The molecule has 2 atom stereocenters. The summed E-state index contributed by atoms with van der Waals surface area (Å²) in [4.78, 5) is 26.7. The van der Waals surface area contributed by atoms with E-state index in [1.54, 1.807) is 0 Å². The van der Waals surface area contributed by atoms with Crippen LogP contribution in [0.15, 0.2) is 24.3 Å². The van der Waals surface area contributed by atoms with E-state index >= 15 is 0 Å². The molecule has 0 radical (unpaired) electrons. The van der Waals surface area contributed by atoms with E-state index in [-0.39, 0.29) is 5.91 Å². The number of carboxylic acids is 1. The van der Waals surface area contributed by atoms with Crippen molar-refractivity contribution in [3.05, 3.63) is 24.3 Å². The number of hydrogen-bond acceptors (Lipinski definition) is 4. The number of aromatic nitrogens is 1. The van der Waals surface area contributed by atoms with E-state index in [2.05, 4.69) is 10.3 Å². The van der Waals surface area contributed by atoms with Crippen molar-refractivity contribution in [2.24, 2.45) is 11.8 Å². The highest BCUT2D eigenvalue weighted by Crippen LogP contribution is 2.39. The van der Waals surface area contributed by atoms with Crippen molar-refractivity contribution in [3.8, 4) is 0 Å². The van der Waals surface area contributed by atoms with Crippen molar-refractivity contribution in [1.82, 2.24) is 4.98 Å². The number of anilines is 1. The van der Waals surface area contributed by atoms with Crippen LogP contribution in [0.2, 0.25) is 0 Å². The van der Waals surface area contributed by atoms with Crippen molar-refractivity contribution in [2.75, 3.05) is 5.32 Å². The molecule has 2 unspecified atom stereocenters. The van der Waals surface area contributed by atoms with Crippen LogP contribution in [0.5, 0.6) is 0 Å². The number of fused-ring (bicyclic) bond motifs is 1. The number of nitrogens with one attached hydrogen (secondary N) is 1. The predicted octanol–water partition coefficient (Wildman–Crippen LogP) is 1.96. The lowest BCUT2D eigenvalue weighted by atomic mass is 10.3. The van der Waals surface area contributed by atoms with E-state index in [4.69, 9.17) is 5.11 Å². The SMILES string of the molecule is O=C(O)C1CC1C(=O)Nc1nc2ccccc2s1. The molecule has 1 aliphatic carbocycles. The van der Waals surface area contributed by atoms with Gasteiger partial charge < -0.3 is 10.4 Å². The van der Waals surface area contributed by atoms with E-state index in [1.165, 1.54) is 11.3 Å². The van der Waals surface area contributed by atoms with Crippen molar-refractivity contribution in [2.45, 2.75) is 6.42 Å². The van der Waals surface area contributed by atoms with Gasteiger partial charge in [0.05, 0.1) is 22.1 Å². The van der Waals surface area contributed by atoms with E-state index in [0.29, 0.717) is 11.6 Å².